The number of hydrogen-bond acceptors (Lipinski definition) is 5. The second-order valence-electron chi connectivity index (χ2n) is 12.6. The minimum absolute atomic E-state index is 0.345. The van der Waals surface area contributed by atoms with E-state index in [1.54, 1.807) is 0 Å². The summed E-state index contributed by atoms with van der Waals surface area (Å²) >= 11 is 0. The fourth-order valence-electron chi connectivity index (χ4n) is 5.30. The van der Waals surface area contributed by atoms with Crippen LogP contribution in [0.3, 0.4) is 0 Å². The normalized spacial score (nSPS) is 10.2. The topological polar surface area (TPSA) is 153 Å². The predicted molar refractivity (Wildman–Crippen MR) is 197 cm³/mol. The van der Waals surface area contributed by atoms with Crippen LogP contribution in [0, 0.1) is 0 Å². The molecule has 0 aliphatic carbocycles. The van der Waals surface area contributed by atoms with Crippen molar-refractivity contribution in [1.82, 2.24) is 0 Å². The lowest BCUT2D eigenvalue weighted by molar-refractivity contribution is -0.138. The summed E-state index contributed by atoms with van der Waals surface area (Å²) < 4.78 is 0. The van der Waals surface area contributed by atoms with E-state index in [9.17, 15) is 9.59 Å². The lowest BCUT2D eigenvalue weighted by Crippen LogP contribution is -2.02. The van der Waals surface area contributed by atoms with Gasteiger partial charge in [-0.15, -0.1) is 0 Å². The van der Waals surface area contributed by atoms with Crippen molar-refractivity contribution in [2.45, 2.75) is 226 Å². The summed E-state index contributed by atoms with van der Waals surface area (Å²) in [6, 6.07) is 0. The number of carboxylic acid groups (broad SMARTS) is 2. The predicted octanol–water partition coefficient (Wildman–Crippen LogP) is 11.4. The van der Waals surface area contributed by atoms with Gasteiger partial charge in [0.2, 0.25) is 0 Å². The second kappa shape index (κ2) is 52.4. The molecule has 0 saturated carbocycles. The molecule has 7 nitrogen and oxygen atoms in total. The van der Waals surface area contributed by atoms with E-state index in [-0.39, 0.29) is 0 Å². The maximum absolute atomic E-state index is 10.3. The van der Waals surface area contributed by atoms with Gasteiger partial charge < -0.3 is 15.9 Å². The summed E-state index contributed by atoms with van der Waals surface area (Å²) in [5.74, 6) is 6.69. The van der Waals surface area contributed by atoms with Crippen molar-refractivity contribution >= 4 is 11.9 Å². The molecule has 0 fully saturated rings. The number of aliphatic carboxylic acids is 2. The standard InChI is InChI=1S/2C18H36O2.C2H7N.H4N2/c2*1-2-3-4-5-6-7-8-9-10-11-12-13-14-15-16-17-18(19)20;1-2-3;1-2/h2*2-17H2,1H3,(H,19,20);2-3H2,1H3;1-2H2. The first-order valence-corrected chi connectivity index (χ1v) is 19.4. The maximum atomic E-state index is 10.3. The Morgan fingerprint density at radius 2 is 0.489 bits per heavy atom. The number of hydrazine groups is 1. The van der Waals surface area contributed by atoms with Crippen molar-refractivity contribution in [3.8, 4) is 0 Å². The van der Waals surface area contributed by atoms with E-state index in [4.69, 9.17) is 15.9 Å². The highest BCUT2D eigenvalue weighted by molar-refractivity contribution is 5.66. The highest BCUT2D eigenvalue weighted by Gasteiger charge is 1.98. The van der Waals surface area contributed by atoms with Crippen LogP contribution in [0.5, 0.6) is 0 Å². The second-order valence-corrected chi connectivity index (χ2v) is 12.6. The number of hydrogen-bond donors (Lipinski definition) is 5. The van der Waals surface area contributed by atoms with Crippen LogP contribution in [-0.2, 0) is 9.59 Å². The Morgan fingerprint density at radius 3 is 0.622 bits per heavy atom. The van der Waals surface area contributed by atoms with E-state index in [2.05, 4.69) is 25.5 Å². The summed E-state index contributed by atoms with van der Waals surface area (Å²) in [5.41, 5.74) is 4.85. The Bertz CT molecular complexity index is 477. The van der Waals surface area contributed by atoms with E-state index >= 15 is 0 Å². The monoisotopic (exact) mass is 646 g/mol. The molecule has 0 aliphatic rings. The number of nitrogens with two attached hydrogens (primary N) is 3. The lowest BCUT2D eigenvalue weighted by atomic mass is 10.0. The Balaban J connectivity index is -0.000000326. The van der Waals surface area contributed by atoms with Crippen molar-refractivity contribution in [2.24, 2.45) is 17.4 Å². The Morgan fingerprint density at radius 1 is 0.356 bits per heavy atom. The molecule has 0 unspecified atom stereocenters. The average molecular weight is 646 g/mol. The molecule has 0 heterocycles. The van der Waals surface area contributed by atoms with Crippen molar-refractivity contribution in [3.63, 3.8) is 0 Å². The van der Waals surface area contributed by atoms with E-state index in [1.165, 1.54) is 167 Å². The van der Waals surface area contributed by atoms with Gasteiger partial charge in [-0.2, -0.15) is 0 Å². The summed E-state index contributed by atoms with van der Waals surface area (Å²) in [6.07, 6.45) is 40.4. The number of unbranched alkanes of at least 4 members (excludes halogenated alkanes) is 28. The molecule has 0 radical (unpaired) electrons. The Kier molecular flexibility index (Phi) is 59.0. The molecule has 0 rings (SSSR count). The van der Waals surface area contributed by atoms with E-state index < -0.39 is 11.9 Å². The van der Waals surface area contributed by atoms with E-state index in [0.29, 0.717) is 12.8 Å². The van der Waals surface area contributed by atoms with E-state index in [0.717, 1.165) is 32.2 Å². The summed E-state index contributed by atoms with van der Waals surface area (Å²) in [4.78, 5) is 20.7. The van der Waals surface area contributed by atoms with Crippen LogP contribution < -0.4 is 17.4 Å². The van der Waals surface area contributed by atoms with Gasteiger partial charge in [-0.3, -0.25) is 21.3 Å². The van der Waals surface area contributed by atoms with Crippen LogP contribution in [0.2, 0.25) is 0 Å². The van der Waals surface area contributed by atoms with Crippen molar-refractivity contribution in [2.75, 3.05) is 6.54 Å². The highest BCUT2D eigenvalue weighted by atomic mass is 16.4. The van der Waals surface area contributed by atoms with Gasteiger partial charge in [0.25, 0.3) is 0 Å². The van der Waals surface area contributed by atoms with Crippen molar-refractivity contribution < 1.29 is 19.8 Å². The lowest BCUT2D eigenvalue weighted by Gasteiger charge is -2.03. The third-order valence-electron chi connectivity index (χ3n) is 7.99. The van der Waals surface area contributed by atoms with Gasteiger partial charge in [0, 0.05) is 12.8 Å². The fraction of sp³-hybridized carbons (Fsp3) is 0.947. The number of rotatable bonds is 32. The molecule has 0 saturated heterocycles. The third kappa shape index (κ3) is 66.2. The fourth-order valence-corrected chi connectivity index (χ4v) is 5.30. The average Bonchev–Trinajstić information content (AvgIpc) is 3.02. The molecule has 0 aromatic heterocycles. The molecule has 8 N–H and O–H groups in total. The SMILES string of the molecule is CCCCCCCCCCCCCCCCCC(=O)O.CCCCCCCCCCCCCCCCCC(=O)O.CCN.NN. The summed E-state index contributed by atoms with van der Waals surface area (Å²) in [6.45, 7) is 7.19. The highest BCUT2D eigenvalue weighted by Crippen LogP contribution is 2.15. The molecule has 0 amide bonds. The molecule has 274 valence electrons. The zero-order valence-corrected chi connectivity index (χ0v) is 30.8. The molecule has 7 heteroatoms. The minimum atomic E-state index is -0.653. The van der Waals surface area contributed by atoms with Gasteiger partial charge in [0.15, 0.2) is 0 Å². The molecule has 0 spiro atoms. The van der Waals surface area contributed by atoms with E-state index in [1.807, 2.05) is 6.92 Å². The first-order chi connectivity index (χ1) is 22.0. The zero-order valence-electron chi connectivity index (χ0n) is 30.8. The summed E-state index contributed by atoms with van der Waals surface area (Å²) in [7, 11) is 0. The first kappa shape index (κ1) is 50.7. The molecule has 0 aromatic carbocycles. The van der Waals surface area contributed by atoms with Crippen LogP contribution in [0.4, 0.5) is 0 Å². The molecule has 0 aromatic rings. The molecule has 0 bridgehead atoms. The van der Waals surface area contributed by atoms with Gasteiger partial charge in [0.05, 0.1) is 0 Å². The van der Waals surface area contributed by atoms with Crippen LogP contribution in [0.15, 0.2) is 0 Å². The van der Waals surface area contributed by atoms with Gasteiger partial charge in [-0.1, -0.05) is 201 Å². The molecule has 45 heavy (non-hydrogen) atoms. The van der Waals surface area contributed by atoms with Crippen LogP contribution in [-0.4, -0.2) is 28.7 Å². The third-order valence-corrected chi connectivity index (χ3v) is 7.99. The van der Waals surface area contributed by atoms with Crippen LogP contribution >= 0.6 is 0 Å². The summed E-state index contributed by atoms with van der Waals surface area (Å²) in [5, 5.41) is 17.0. The van der Waals surface area contributed by atoms with Gasteiger partial charge >= 0.3 is 11.9 Å². The first-order valence-electron chi connectivity index (χ1n) is 19.4. The van der Waals surface area contributed by atoms with Gasteiger partial charge in [-0.05, 0) is 19.4 Å². The molecular weight excluding hydrogens is 562 g/mol. The van der Waals surface area contributed by atoms with Crippen molar-refractivity contribution in [1.29, 1.82) is 0 Å². The Labute approximate surface area is 281 Å². The number of carbonyl (C=O) groups is 2. The van der Waals surface area contributed by atoms with Crippen molar-refractivity contribution in [3.05, 3.63) is 0 Å². The number of carboxylic acids is 2. The molecular formula is C38H83N3O4. The molecule has 0 atom stereocenters. The quantitative estimate of drug-likeness (QED) is 0.0277. The largest absolute Gasteiger partial charge is 0.481 e. The maximum Gasteiger partial charge on any atom is 0.303 e. The zero-order chi connectivity index (χ0) is 34.5. The van der Waals surface area contributed by atoms with Gasteiger partial charge in [0.1, 0.15) is 0 Å². The van der Waals surface area contributed by atoms with Crippen LogP contribution in [0.25, 0.3) is 0 Å². The smallest absolute Gasteiger partial charge is 0.303 e. The Hall–Kier alpha value is -1.18. The van der Waals surface area contributed by atoms with Gasteiger partial charge in [-0.25, -0.2) is 0 Å². The molecule has 0 aliphatic heterocycles. The minimum Gasteiger partial charge on any atom is -0.481 e. The van der Waals surface area contributed by atoms with Crippen LogP contribution in [0.1, 0.15) is 226 Å².